The lowest BCUT2D eigenvalue weighted by atomic mass is 9.95. The number of hydrogen-bond donors (Lipinski definition) is 2. The Bertz CT molecular complexity index is 640. The maximum atomic E-state index is 13.2. The highest BCUT2D eigenvalue weighted by atomic mass is 19.4. The molecule has 1 aromatic carbocycles. The SMILES string of the molecule is Nc1cc(CC(N)c2cc(F)ccc2C(F)(F)F)ccn1. The topological polar surface area (TPSA) is 64.9 Å². The largest absolute Gasteiger partial charge is 0.416 e. The van der Waals surface area contributed by atoms with E-state index in [4.69, 9.17) is 11.5 Å². The smallest absolute Gasteiger partial charge is 0.384 e. The molecule has 7 heteroatoms. The summed E-state index contributed by atoms with van der Waals surface area (Å²) in [5.41, 5.74) is 10.7. The van der Waals surface area contributed by atoms with Crippen LogP contribution in [0.2, 0.25) is 0 Å². The maximum Gasteiger partial charge on any atom is 0.416 e. The fraction of sp³-hybridized carbons (Fsp3) is 0.214. The average Bonchev–Trinajstić information content (AvgIpc) is 2.37. The van der Waals surface area contributed by atoms with Crippen molar-refractivity contribution in [3.63, 3.8) is 0 Å². The highest BCUT2D eigenvalue weighted by Crippen LogP contribution is 2.35. The molecule has 112 valence electrons. The van der Waals surface area contributed by atoms with Crippen molar-refractivity contribution in [3.8, 4) is 0 Å². The molecule has 21 heavy (non-hydrogen) atoms. The van der Waals surface area contributed by atoms with Crippen molar-refractivity contribution in [3.05, 3.63) is 59.0 Å². The van der Waals surface area contributed by atoms with Crippen LogP contribution in [0.25, 0.3) is 0 Å². The van der Waals surface area contributed by atoms with Crippen LogP contribution in [0.1, 0.15) is 22.7 Å². The molecule has 2 aromatic rings. The second-order valence-corrected chi connectivity index (χ2v) is 4.63. The van der Waals surface area contributed by atoms with E-state index in [1.54, 1.807) is 6.07 Å². The number of nitrogen functional groups attached to an aromatic ring is 1. The van der Waals surface area contributed by atoms with Gasteiger partial charge in [0.25, 0.3) is 0 Å². The first-order valence-electron chi connectivity index (χ1n) is 6.10. The molecule has 0 aliphatic heterocycles. The van der Waals surface area contributed by atoms with Crippen molar-refractivity contribution in [2.24, 2.45) is 5.73 Å². The molecule has 0 aliphatic carbocycles. The van der Waals surface area contributed by atoms with Crippen LogP contribution in [0.5, 0.6) is 0 Å². The zero-order chi connectivity index (χ0) is 15.6. The number of nitrogens with two attached hydrogens (primary N) is 2. The fourth-order valence-corrected chi connectivity index (χ4v) is 2.08. The molecule has 0 amide bonds. The number of halogens is 4. The van der Waals surface area contributed by atoms with Gasteiger partial charge in [0.2, 0.25) is 0 Å². The minimum Gasteiger partial charge on any atom is -0.384 e. The lowest BCUT2D eigenvalue weighted by Gasteiger charge is -2.18. The van der Waals surface area contributed by atoms with E-state index in [9.17, 15) is 17.6 Å². The van der Waals surface area contributed by atoms with Gasteiger partial charge in [0.15, 0.2) is 0 Å². The molecule has 0 bridgehead atoms. The van der Waals surface area contributed by atoms with Gasteiger partial charge in [-0.05, 0) is 47.9 Å². The molecule has 0 radical (unpaired) electrons. The van der Waals surface area contributed by atoms with Gasteiger partial charge in [-0.15, -0.1) is 0 Å². The van der Waals surface area contributed by atoms with Crippen LogP contribution in [0, 0.1) is 5.82 Å². The van der Waals surface area contributed by atoms with Crippen molar-refractivity contribution in [1.29, 1.82) is 0 Å². The lowest BCUT2D eigenvalue weighted by Crippen LogP contribution is -2.19. The maximum absolute atomic E-state index is 13.2. The Balaban J connectivity index is 2.34. The number of hydrogen-bond acceptors (Lipinski definition) is 3. The van der Waals surface area contributed by atoms with Gasteiger partial charge >= 0.3 is 6.18 Å². The van der Waals surface area contributed by atoms with Crippen molar-refractivity contribution < 1.29 is 17.6 Å². The van der Waals surface area contributed by atoms with Crippen LogP contribution >= 0.6 is 0 Å². The first-order chi connectivity index (χ1) is 9.77. The van der Waals surface area contributed by atoms with Gasteiger partial charge in [0.05, 0.1) is 5.56 Å². The first kappa shape index (κ1) is 15.2. The summed E-state index contributed by atoms with van der Waals surface area (Å²) in [6.07, 6.45) is -3.05. The standard InChI is InChI=1S/C14H13F4N3/c15-9-1-2-11(14(16,17)18)10(7-9)12(19)5-8-3-4-21-13(20)6-8/h1-4,6-7,12H,5,19H2,(H2,20,21). The molecule has 2 rings (SSSR count). The van der Waals surface area contributed by atoms with Gasteiger partial charge in [-0.1, -0.05) is 0 Å². The van der Waals surface area contributed by atoms with E-state index in [1.807, 2.05) is 0 Å². The summed E-state index contributed by atoms with van der Waals surface area (Å²) in [5.74, 6) is -0.516. The van der Waals surface area contributed by atoms with Gasteiger partial charge in [0.1, 0.15) is 11.6 Å². The number of alkyl halides is 3. The summed E-state index contributed by atoms with van der Waals surface area (Å²) in [6, 6.07) is 4.40. The van der Waals surface area contributed by atoms with E-state index in [2.05, 4.69) is 4.98 Å². The van der Waals surface area contributed by atoms with Gasteiger partial charge in [-0.2, -0.15) is 13.2 Å². The molecule has 0 saturated carbocycles. The van der Waals surface area contributed by atoms with Crippen LogP contribution in [0.15, 0.2) is 36.5 Å². The molecular formula is C14H13F4N3. The number of anilines is 1. The van der Waals surface area contributed by atoms with Crippen molar-refractivity contribution in [2.45, 2.75) is 18.6 Å². The van der Waals surface area contributed by atoms with E-state index in [-0.39, 0.29) is 17.8 Å². The monoisotopic (exact) mass is 299 g/mol. The van der Waals surface area contributed by atoms with Gasteiger partial charge in [0, 0.05) is 12.2 Å². The molecule has 0 aliphatic rings. The normalized spacial score (nSPS) is 13.2. The van der Waals surface area contributed by atoms with Crippen LogP contribution in [-0.4, -0.2) is 4.98 Å². The summed E-state index contributed by atoms with van der Waals surface area (Å²) < 4.78 is 52.1. The Labute approximate surface area is 118 Å². The van der Waals surface area contributed by atoms with E-state index >= 15 is 0 Å². The Morgan fingerprint density at radius 3 is 2.48 bits per heavy atom. The molecule has 4 N–H and O–H groups in total. The Morgan fingerprint density at radius 1 is 1.14 bits per heavy atom. The predicted octanol–water partition coefficient (Wildman–Crippen LogP) is 3.06. The number of benzene rings is 1. The predicted molar refractivity (Wildman–Crippen MR) is 70.7 cm³/mol. The van der Waals surface area contributed by atoms with Crippen LogP contribution < -0.4 is 11.5 Å². The quantitative estimate of drug-likeness (QED) is 0.856. The van der Waals surface area contributed by atoms with Gasteiger partial charge in [-0.25, -0.2) is 9.37 Å². The van der Waals surface area contributed by atoms with E-state index in [0.717, 1.165) is 12.1 Å². The molecule has 1 atom stereocenters. The average molecular weight is 299 g/mol. The zero-order valence-electron chi connectivity index (χ0n) is 10.9. The van der Waals surface area contributed by atoms with Crippen molar-refractivity contribution in [2.75, 3.05) is 5.73 Å². The molecule has 1 heterocycles. The van der Waals surface area contributed by atoms with Crippen molar-refractivity contribution in [1.82, 2.24) is 4.98 Å². The second-order valence-electron chi connectivity index (χ2n) is 4.63. The van der Waals surface area contributed by atoms with Crippen LogP contribution in [0.4, 0.5) is 23.4 Å². The van der Waals surface area contributed by atoms with Gasteiger partial charge in [-0.3, -0.25) is 0 Å². The number of rotatable bonds is 3. The number of pyridine rings is 1. The number of aromatic nitrogens is 1. The second kappa shape index (κ2) is 5.69. The Morgan fingerprint density at radius 2 is 1.86 bits per heavy atom. The molecular weight excluding hydrogens is 286 g/mol. The molecule has 1 unspecified atom stereocenters. The first-order valence-corrected chi connectivity index (χ1v) is 6.10. The van der Waals surface area contributed by atoms with E-state index in [1.165, 1.54) is 12.3 Å². The lowest BCUT2D eigenvalue weighted by molar-refractivity contribution is -0.138. The Kier molecular flexibility index (Phi) is 4.13. The summed E-state index contributed by atoms with van der Waals surface area (Å²) >= 11 is 0. The van der Waals surface area contributed by atoms with Crippen molar-refractivity contribution >= 4 is 5.82 Å². The molecule has 0 fully saturated rings. The minimum absolute atomic E-state index is 0.0965. The third-order valence-electron chi connectivity index (χ3n) is 3.02. The highest BCUT2D eigenvalue weighted by molar-refractivity contribution is 5.36. The zero-order valence-corrected chi connectivity index (χ0v) is 10.9. The molecule has 0 saturated heterocycles. The molecule has 3 nitrogen and oxygen atoms in total. The van der Waals surface area contributed by atoms with E-state index < -0.39 is 23.6 Å². The summed E-state index contributed by atoms with van der Waals surface area (Å²) in [4.78, 5) is 3.79. The minimum atomic E-state index is -4.59. The molecule has 1 aromatic heterocycles. The highest BCUT2D eigenvalue weighted by Gasteiger charge is 2.34. The van der Waals surface area contributed by atoms with Gasteiger partial charge < -0.3 is 11.5 Å². The van der Waals surface area contributed by atoms with Crippen LogP contribution in [0.3, 0.4) is 0 Å². The summed E-state index contributed by atoms with van der Waals surface area (Å²) in [6.45, 7) is 0. The summed E-state index contributed by atoms with van der Waals surface area (Å²) in [5, 5.41) is 0. The van der Waals surface area contributed by atoms with E-state index in [0.29, 0.717) is 11.6 Å². The third kappa shape index (κ3) is 3.69. The molecule has 0 spiro atoms. The number of nitrogens with zero attached hydrogens (tertiary/aromatic N) is 1. The fourth-order valence-electron chi connectivity index (χ4n) is 2.08. The Hall–Kier alpha value is -2.15. The third-order valence-corrected chi connectivity index (χ3v) is 3.02. The summed E-state index contributed by atoms with van der Waals surface area (Å²) in [7, 11) is 0. The van der Waals surface area contributed by atoms with Crippen LogP contribution in [-0.2, 0) is 12.6 Å².